The third-order valence-corrected chi connectivity index (χ3v) is 9.81. The second-order valence-electron chi connectivity index (χ2n) is 10.5. The van der Waals surface area contributed by atoms with Crippen molar-refractivity contribution in [2.24, 2.45) is 11.8 Å². The van der Waals surface area contributed by atoms with Gasteiger partial charge in [-0.05, 0) is 93.6 Å². The molecule has 0 radical (unpaired) electrons. The average Bonchev–Trinajstić information content (AvgIpc) is 3.52. The van der Waals surface area contributed by atoms with E-state index >= 15 is 0 Å². The van der Waals surface area contributed by atoms with E-state index in [1.165, 1.54) is 56.0 Å². The highest BCUT2D eigenvalue weighted by Gasteiger charge is 2.29. The molecule has 1 aromatic rings. The number of aryl methyl sites for hydroxylation is 2. The smallest absolute Gasteiger partial charge is 0.248 e. The van der Waals surface area contributed by atoms with Crippen LogP contribution in [0.2, 0.25) is 0 Å². The fourth-order valence-electron chi connectivity index (χ4n) is 5.63. The van der Waals surface area contributed by atoms with Crippen molar-refractivity contribution in [3.8, 4) is 5.75 Å². The summed E-state index contributed by atoms with van der Waals surface area (Å²) >= 11 is 0. The number of sulfonamides is 1. The zero-order valence-electron chi connectivity index (χ0n) is 22.8. The predicted octanol–water partition coefficient (Wildman–Crippen LogP) is 3.17. The van der Waals surface area contributed by atoms with Crippen LogP contribution >= 0.6 is 0 Å². The monoisotopic (exact) mass is 523 g/mol. The van der Waals surface area contributed by atoms with Gasteiger partial charge in [-0.2, -0.15) is 4.31 Å². The largest absolute Gasteiger partial charge is 0.497 e. The third kappa shape index (κ3) is 7.43. The maximum absolute atomic E-state index is 13.2. The number of ether oxygens (including phenoxy) is 2. The molecule has 2 atom stereocenters. The zero-order valence-corrected chi connectivity index (χ0v) is 23.6. The molecule has 1 saturated heterocycles. The van der Waals surface area contributed by atoms with Crippen LogP contribution in [0.1, 0.15) is 50.2 Å². The van der Waals surface area contributed by atoms with Gasteiger partial charge < -0.3 is 19.3 Å². The minimum Gasteiger partial charge on any atom is -0.497 e. The number of hydrogen-bond donors (Lipinski definition) is 0. The Morgan fingerprint density at radius 3 is 2.50 bits per heavy atom. The topological polar surface area (TPSA) is 79.4 Å². The van der Waals surface area contributed by atoms with Gasteiger partial charge in [0.05, 0.1) is 18.6 Å². The summed E-state index contributed by atoms with van der Waals surface area (Å²) in [6.45, 7) is 8.48. The fraction of sp³-hybridized carbons (Fsp3) is 0.741. The van der Waals surface area contributed by atoms with Crippen molar-refractivity contribution in [1.82, 2.24) is 14.1 Å². The first-order chi connectivity index (χ1) is 17.1. The number of hydrogen-bond acceptors (Lipinski definition) is 6. The van der Waals surface area contributed by atoms with Crippen molar-refractivity contribution in [3.05, 3.63) is 23.3 Å². The van der Waals surface area contributed by atoms with E-state index in [1.807, 2.05) is 14.0 Å². The molecule has 0 N–H and O–H groups in total. The van der Waals surface area contributed by atoms with Gasteiger partial charge in [-0.15, -0.1) is 0 Å². The van der Waals surface area contributed by atoms with Gasteiger partial charge in [0.15, 0.2) is 0 Å². The molecular formula is C27H45N3O5S. The molecule has 1 amide bonds. The summed E-state index contributed by atoms with van der Waals surface area (Å²) in [6.07, 6.45) is 6.88. The lowest BCUT2D eigenvalue weighted by Crippen LogP contribution is -2.36. The van der Waals surface area contributed by atoms with Gasteiger partial charge in [-0.1, -0.05) is 6.92 Å². The number of nitrogens with zero attached hydrogens (tertiary/aromatic N) is 3. The number of likely N-dealkylation sites (tertiary alicyclic amines) is 1. The van der Waals surface area contributed by atoms with E-state index < -0.39 is 10.0 Å². The molecule has 2 fully saturated rings. The van der Waals surface area contributed by atoms with Gasteiger partial charge in [0.1, 0.15) is 12.4 Å². The van der Waals surface area contributed by atoms with E-state index in [1.54, 1.807) is 38.1 Å². The Morgan fingerprint density at radius 1 is 1.14 bits per heavy atom. The van der Waals surface area contributed by atoms with Crippen molar-refractivity contribution in [3.63, 3.8) is 0 Å². The lowest BCUT2D eigenvalue weighted by molar-refractivity contribution is -0.135. The number of carbonyl (C=O) groups excluding carboxylic acids is 1. The summed E-state index contributed by atoms with van der Waals surface area (Å²) in [6, 6.07) is 3.52. The minimum atomic E-state index is -3.69. The fourth-order valence-corrected chi connectivity index (χ4v) is 7.26. The molecule has 1 aromatic carbocycles. The second kappa shape index (κ2) is 13.2. The van der Waals surface area contributed by atoms with Gasteiger partial charge in [0.25, 0.3) is 0 Å². The molecular weight excluding hydrogens is 478 g/mol. The van der Waals surface area contributed by atoms with Crippen LogP contribution in [0.25, 0.3) is 0 Å². The highest BCUT2D eigenvalue weighted by atomic mass is 32.2. The van der Waals surface area contributed by atoms with Gasteiger partial charge >= 0.3 is 0 Å². The zero-order chi connectivity index (χ0) is 26.3. The Morgan fingerprint density at radius 2 is 1.83 bits per heavy atom. The summed E-state index contributed by atoms with van der Waals surface area (Å²) in [5.41, 5.74) is 1.39. The third-order valence-electron chi connectivity index (χ3n) is 7.71. The van der Waals surface area contributed by atoms with Crippen LogP contribution in [0, 0.1) is 18.8 Å². The maximum atomic E-state index is 13.2. The molecule has 204 valence electrons. The standard InChI is InChI=1S/C27H45N3O5S/c1-6-24-17-25(34-5)15-21(2)27(24)36(32,33)29(4)13-14-35-20-26(31)28(3)18-22-9-10-23(16-22)19-30-11-7-8-12-30/h15,17,22-23H,6-14,16,18-20H2,1-5H3/t22-,23+/m1/s1. The number of amides is 1. The minimum absolute atomic E-state index is 0.0317. The summed E-state index contributed by atoms with van der Waals surface area (Å²) in [7, 11) is 1.28. The molecule has 1 heterocycles. The Balaban J connectivity index is 1.41. The average molecular weight is 524 g/mol. The quantitative estimate of drug-likeness (QED) is 0.370. The van der Waals surface area contributed by atoms with Gasteiger partial charge in [-0.25, -0.2) is 8.42 Å². The van der Waals surface area contributed by atoms with Crippen molar-refractivity contribution in [2.45, 2.75) is 57.3 Å². The molecule has 8 nitrogen and oxygen atoms in total. The van der Waals surface area contributed by atoms with Crippen molar-refractivity contribution in [1.29, 1.82) is 0 Å². The van der Waals surface area contributed by atoms with Crippen LogP contribution in [0.15, 0.2) is 17.0 Å². The van der Waals surface area contributed by atoms with Gasteiger partial charge in [0, 0.05) is 33.7 Å². The number of methoxy groups -OCH3 is 1. The molecule has 2 aliphatic rings. The first kappa shape index (κ1) is 28.9. The summed E-state index contributed by atoms with van der Waals surface area (Å²) in [4.78, 5) is 17.3. The molecule has 9 heteroatoms. The highest BCUT2D eigenvalue weighted by Crippen LogP contribution is 2.32. The molecule has 0 unspecified atom stereocenters. The summed E-state index contributed by atoms with van der Waals surface area (Å²) in [5, 5.41) is 0. The SMILES string of the molecule is CCc1cc(OC)cc(C)c1S(=O)(=O)N(C)CCOCC(=O)N(C)C[C@@H]1CC[C@H](CN2CCCC2)C1. The van der Waals surface area contributed by atoms with Crippen LogP contribution in [0.4, 0.5) is 0 Å². The highest BCUT2D eigenvalue weighted by molar-refractivity contribution is 7.89. The maximum Gasteiger partial charge on any atom is 0.248 e. The van der Waals surface area contributed by atoms with E-state index in [-0.39, 0.29) is 25.7 Å². The van der Waals surface area contributed by atoms with Gasteiger partial charge in [-0.3, -0.25) is 4.79 Å². The van der Waals surface area contributed by atoms with E-state index in [4.69, 9.17) is 9.47 Å². The van der Waals surface area contributed by atoms with E-state index in [9.17, 15) is 13.2 Å². The molecule has 36 heavy (non-hydrogen) atoms. The van der Waals surface area contributed by atoms with Crippen LogP contribution in [0.3, 0.4) is 0 Å². The Bertz CT molecular complexity index is 978. The Hall–Kier alpha value is -1.68. The number of carbonyl (C=O) groups is 1. The molecule has 0 spiro atoms. The molecule has 1 saturated carbocycles. The molecule has 0 aromatic heterocycles. The van der Waals surface area contributed by atoms with Crippen LogP contribution in [0.5, 0.6) is 5.75 Å². The lowest BCUT2D eigenvalue weighted by atomic mass is 10.0. The van der Waals surface area contributed by atoms with Crippen LogP contribution in [-0.2, 0) is 26.0 Å². The van der Waals surface area contributed by atoms with Gasteiger partial charge in [0.2, 0.25) is 15.9 Å². The first-order valence-electron chi connectivity index (χ1n) is 13.3. The molecule has 0 bridgehead atoms. The van der Waals surface area contributed by atoms with Crippen molar-refractivity contribution >= 4 is 15.9 Å². The molecule has 1 aliphatic carbocycles. The molecule has 1 aliphatic heterocycles. The number of likely N-dealkylation sites (N-methyl/N-ethyl adjacent to an activating group) is 2. The van der Waals surface area contributed by atoms with Crippen LogP contribution < -0.4 is 4.74 Å². The van der Waals surface area contributed by atoms with Crippen molar-refractivity contribution in [2.75, 3.05) is 67.1 Å². The van der Waals surface area contributed by atoms with Crippen LogP contribution in [-0.4, -0.2) is 95.6 Å². The Kier molecular flexibility index (Phi) is 10.6. The normalized spacial score (nSPS) is 20.8. The number of benzene rings is 1. The Labute approximate surface area is 218 Å². The van der Waals surface area contributed by atoms with E-state index in [0.29, 0.717) is 28.5 Å². The lowest BCUT2D eigenvalue weighted by Gasteiger charge is -2.23. The first-order valence-corrected chi connectivity index (χ1v) is 14.8. The summed E-state index contributed by atoms with van der Waals surface area (Å²) in [5.74, 6) is 1.91. The summed E-state index contributed by atoms with van der Waals surface area (Å²) < 4.78 is 38.7. The van der Waals surface area contributed by atoms with Crippen molar-refractivity contribution < 1.29 is 22.7 Å². The second-order valence-corrected chi connectivity index (χ2v) is 12.5. The number of rotatable bonds is 13. The predicted molar refractivity (Wildman–Crippen MR) is 142 cm³/mol. The van der Waals surface area contributed by atoms with E-state index in [2.05, 4.69) is 4.90 Å². The van der Waals surface area contributed by atoms with E-state index in [0.717, 1.165) is 18.0 Å². The molecule has 3 rings (SSSR count).